The topological polar surface area (TPSA) is 179 Å². The average Bonchev–Trinajstić information content (AvgIpc) is 3.13. The minimum absolute atomic E-state index is 0.0768. The van der Waals surface area contributed by atoms with E-state index in [1.54, 1.807) is 46.0 Å². The summed E-state index contributed by atoms with van der Waals surface area (Å²) in [6.45, 7) is 24.9. The maximum absolute atomic E-state index is 14.6. The molecule has 0 heterocycles. The Balaban J connectivity index is 3.01. The van der Waals surface area contributed by atoms with E-state index in [0.717, 1.165) is 5.56 Å². The van der Waals surface area contributed by atoms with Crippen LogP contribution in [0.1, 0.15) is 88.6 Å². The number of carboxylic acid groups (broad SMARTS) is 1. The molecule has 0 saturated heterocycles. The summed E-state index contributed by atoms with van der Waals surface area (Å²) < 4.78 is 33.6. The summed E-state index contributed by atoms with van der Waals surface area (Å²) in [4.78, 5) is 67.7. The number of rotatable bonds is 26. The fourth-order valence-corrected chi connectivity index (χ4v) is 6.58. The van der Waals surface area contributed by atoms with Gasteiger partial charge >= 0.3 is 12.1 Å². The molecule has 1 rings (SSSR count). The number of hydrogen-bond acceptors (Lipinski definition) is 12. The number of nitrogens with one attached hydrogen (secondary N) is 1. The lowest BCUT2D eigenvalue weighted by molar-refractivity contribution is -0.142. The first-order valence-electron chi connectivity index (χ1n) is 20.4. The molecule has 342 valence electrons. The highest BCUT2D eigenvalue weighted by Crippen LogP contribution is 2.33. The first-order valence-corrected chi connectivity index (χ1v) is 21.4. The fourth-order valence-electron chi connectivity index (χ4n) is 6.09. The van der Waals surface area contributed by atoms with Crippen molar-refractivity contribution in [3.8, 4) is 5.75 Å². The Morgan fingerprint density at radius 2 is 1.23 bits per heavy atom. The van der Waals surface area contributed by atoms with Crippen LogP contribution in [0.15, 0.2) is 35.9 Å². The van der Waals surface area contributed by atoms with Gasteiger partial charge in [-0.05, 0) is 56.7 Å². The summed E-state index contributed by atoms with van der Waals surface area (Å²) >= 11 is 1.24. The summed E-state index contributed by atoms with van der Waals surface area (Å²) in [6.07, 6.45) is 0.838. The summed E-state index contributed by atoms with van der Waals surface area (Å²) in [5.74, 6) is -0.957. The van der Waals surface area contributed by atoms with Crippen LogP contribution >= 0.6 is 11.8 Å². The van der Waals surface area contributed by atoms with Crippen molar-refractivity contribution in [2.75, 3.05) is 79.3 Å². The third-order valence-electron chi connectivity index (χ3n) is 9.38. The van der Waals surface area contributed by atoms with Gasteiger partial charge in [0.1, 0.15) is 30.0 Å². The number of benzene rings is 1. The predicted molar refractivity (Wildman–Crippen MR) is 233 cm³/mol. The van der Waals surface area contributed by atoms with Gasteiger partial charge in [-0.2, -0.15) is 0 Å². The molecular formula is C44H73N3O12S. The molecular weight excluding hydrogens is 795 g/mol. The lowest BCUT2D eigenvalue weighted by Gasteiger charge is -2.42. The van der Waals surface area contributed by atoms with E-state index < -0.39 is 58.4 Å². The first kappa shape index (κ1) is 54.3. The van der Waals surface area contributed by atoms with Crippen molar-refractivity contribution < 1.29 is 57.5 Å². The lowest BCUT2D eigenvalue weighted by Crippen LogP contribution is -2.63. The summed E-state index contributed by atoms with van der Waals surface area (Å²) in [5.41, 5.74) is -1.79. The number of thioether (sulfide) groups is 1. The molecule has 0 aliphatic rings. The van der Waals surface area contributed by atoms with E-state index >= 15 is 0 Å². The van der Waals surface area contributed by atoms with Crippen LogP contribution in [0.2, 0.25) is 0 Å². The van der Waals surface area contributed by atoms with Crippen LogP contribution in [0.25, 0.3) is 0 Å². The molecule has 15 nitrogen and oxygen atoms in total. The number of carbonyl (C=O) groups is 5. The second kappa shape index (κ2) is 25.9. The van der Waals surface area contributed by atoms with Gasteiger partial charge in [0.2, 0.25) is 11.8 Å². The molecule has 0 saturated carbocycles. The van der Waals surface area contributed by atoms with Crippen LogP contribution in [0, 0.1) is 11.3 Å². The summed E-state index contributed by atoms with van der Waals surface area (Å²) in [6, 6.07) is 4.50. The third-order valence-corrected chi connectivity index (χ3v) is 10.2. The fraction of sp³-hybridized carbons (Fsp3) is 0.705. The molecule has 0 spiro atoms. The Morgan fingerprint density at radius 3 is 1.67 bits per heavy atom. The van der Waals surface area contributed by atoms with Gasteiger partial charge in [-0.25, -0.2) is 9.59 Å². The van der Waals surface area contributed by atoms with Crippen molar-refractivity contribution >= 4 is 40.8 Å². The number of aliphatic carboxylic acids is 1. The standard InChI is InChI=1S/C44H73N3O12S/c1-30(2)35(29-31(3)40(51)52)46(13)39(50)36(42(5,6)7)45-38(49)37(47(14)41(53)59-43(8,9)10)44(11,12)33-15-17-34(18-16-33)58-26-25-56-22-21-54-19-20-55-23-24-57-27-28-60-32(4)48/h15-18,29-30,35-37H,19-28H2,1-14H3,(H,45,49)(H,51,52). The van der Waals surface area contributed by atoms with Crippen LogP contribution in [-0.4, -0.2) is 147 Å². The summed E-state index contributed by atoms with van der Waals surface area (Å²) in [5, 5.41) is 12.6. The van der Waals surface area contributed by atoms with E-state index in [4.69, 9.17) is 28.4 Å². The number of hydrogen-bond donors (Lipinski definition) is 2. The van der Waals surface area contributed by atoms with Gasteiger partial charge in [-0.3, -0.25) is 19.3 Å². The molecule has 60 heavy (non-hydrogen) atoms. The van der Waals surface area contributed by atoms with Gasteiger partial charge < -0.3 is 43.7 Å². The largest absolute Gasteiger partial charge is 0.491 e. The minimum atomic E-state index is -1.14. The van der Waals surface area contributed by atoms with Crippen molar-refractivity contribution in [2.24, 2.45) is 11.3 Å². The first-order chi connectivity index (χ1) is 27.8. The Labute approximate surface area is 362 Å². The maximum atomic E-state index is 14.6. The Hall–Kier alpha value is -3.70. The van der Waals surface area contributed by atoms with Crippen molar-refractivity contribution in [1.82, 2.24) is 15.1 Å². The smallest absolute Gasteiger partial charge is 0.410 e. The van der Waals surface area contributed by atoms with Crippen LogP contribution < -0.4 is 10.1 Å². The monoisotopic (exact) mass is 867 g/mol. The Bertz CT molecular complexity index is 1540. The highest BCUT2D eigenvalue weighted by Gasteiger charge is 2.46. The molecule has 0 radical (unpaired) electrons. The normalized spacial score (nSPS) is 13.9. The van der Waals surface area contributed by atoms with E-state index in [1.807, 2.05) is 60.6 Å². The van der Waals surface area contributed by atoms with Gasteiger partial charge in [0.05, 0.1) is 58.9 Å². The molecule has 0 bridgehead atoms. The van der Waals surface area contributed by atoms with E-state index in [0.29, 0.717) is 71.0 Å². The highest BCUT2D eigenvalue weighted by molar-refractivity contribution is 8.13. The van der Waals surface area contributed by atoms with Crippen LogP contribution in [0.4, 0.5) is 4.79 Å². The van der Waals surface area contributed by atoms with Crippen LogP contribution in [0.5, 0.6) is 5.75 Å². The molecule has 0 aromatic heterocycles. The lowest BCUT2D eigenvalue weighted by atomic mass is 9.76. The molecule has 3 unspecified atom stereocenters. The average molecular weight is 868 g/mol. The van der Waals surface area contributed by atoms with Gasteiger partial charge in [-0.1, -0.05) is 78.4 Å². The molecule has 0 aliphatic carbocycles. The zero-order valence-corrected chi connectivity index (χ0v) is 39.3. The zero-order chi connectivity index (χ0) is 45.8. The molecule has 16 heteroatoms. The quantitative estimate of drug-likeness (QED) is 0.0823. The molecule has 2 N–H and O–H groups in total. The molecule has 0 aliphatic heterocycles. The van der Waals surface area contributed by atoms with Gasteiger partial charge in [0, 0.05) is 37.8 Å². The molecule has 1 aromatic carbocycles. The van der Waals surface area contributed by atoms with E-state index in [-0.39, 0.29) is 16.6 Å². The van der Waals surface area contributed by atoms with E-state index in [1.165, 1.54) is 42.5 Å². The molecule has 0 fully saturated rings. The van der Waals surface area contributed by atoms with Crippen molar-refractivity contribution in [1.29, 1.82) is 0 Å². The van der Waals surface area contributed by atoms with Gasteiger partial charge in [-0.15, -0.1) is 0 Å². The molecule has 3 amide bonds. The van der Waals surface area contributed by atoms with Crippen molar-refractivity contribution in [3.63, 3.8) is 0 Å². The van der Waals surface area contributed by atoms with E-state index in [2.05, 4.69) is 5.32 Å². The maximum Gasteiger partial charge on any atom is 0.410 e. The number of ether oxygens (including phenoxy) is 6. The third kappa shape index (κ3) is 19.8. The number of nitrogens with zero attached hydrogens (tertiary/aromatic N) is 2. The Kier molecular flexibility index (Phi) is 23.5. The molecule has 1 aromatic rings. The number of amides is 3. The van der Waals surface area contributed by atoms with Crippen molar-refractivity contribution in [3.05, 3.63) is 41.5 Å². The SMILES string of the molecule is CC(=O)SCCOCCOCCOCCOCCOc1ccc(C(C)(C)C(C(=O)NC(C(=O)N(C)C(C=C(C)C(=O)O)C(C)C)C(C)(C)C)N(C)C(=O)OC(C)(C)C)cc1. The number of likely N-dealkylation sites (N-methyl/N-ethyl adjacent to an activating group) is 2. The van der Waals surface area contributed by atoms with Gasteiger partial charge in [0.25, 0.3) is 0 Å². The second-order valence-corrected chi connectivity index (χ2v) is 18.8. The minimum Gasteiger partial charge on any atom is -0.491 e. The van der Waals surface area contributed by atoms with Crippen LogP contribution in [0.3, 0.4) is 0 Å². The number of carboxylic acids is 1. The van der Waals surface area contributed by atoms with E-state index in [9.17, 15) is 29.1 Å². The molecule has 3 atom stereocenters. The Morgan fingerprint density at radius 1 is 0.750 bits per heavy atom. The second-order valence-electron chi connectivity index (χ2n) is 17.5. The zero-order valence-electron chi connectivity index (χ0n) is 38.5. The highest BCUT2D eigenvalue weighted by atomic mass is 32.2. The number of carbonyl (C=O) groups excluding carboxylic acids is 4. The van der Waals surface area contributed by atoms with Crippen LogP contribution in [-0.2, 0) is 48.3 Å². The van der Waals surface area contributed by atoms with Crippen molar-refractivity contribution in [2.45, 2.75) is 112 Å². The summed E-state index contributed by atoms with van der Waals surface area (Å²) in [7, 11) is 3.10. The van der Waals surface area contributed by atoms with Gasteiger partial charge in [0.15, 0.2) is 5.12 Å². The predicted octanol–water partition coefficient (Wildman–Crippen LogP) is 5.97.